The predicted octanol–water partition coefficient (Wildman–Crippen LogP) is 3.48. The molecule has 0 unspecified atom stereocenters. The summed E-state index contributed by atoms with van der Waals surface area (Å²) in [6.45, 7) is 0. The smallest absolute Gasteiger partial charge is 0.227 e. The van der Waals surface area contributed by atoms with Crippen molar-refractivity contribution in [3.8, 4) is 5.75 Å². The monoisotopic (exact) mass is 254 g/mol. The summed E-state index contributed by atoms with van der Waals surface area (Å²) in [5.74, 6) is -0.0223. The molecular weight excluding hydrogens is 240 g/mol. The van der Waals surface area contributed by atoms with E-state index in [1.165, 1.54) is 6.08 Å². The zero-order chi connectivity index (χ0) is 13.7. The minimum absolute atomic E-state index is 0.281. The Morgan fingerprint density at radius 2 is 1.68 bits per heavy atom. The lowest BCUT2D eigenvalue weighted by Crippen LogP contribution is -2.02. The van der Waals surface area contributed by atoms with Gasteiger partial charge in [-0.3, -0.25) is 4.79 Å². The summed E-state index contributed by atoms with van der Waals surface area (Å²) < 4.78 is 5.02. The van der Waals surface area contributed by atoms with Gasteiger partial charge in [0.05, 0.1) is 7.11 Å². The van der Waals surface area contributed by atoms with Crippen LogP contribution in [-0.4, -0.2) is 18.0 Å². The number of methoxy groups -OCH3 is 1. The molecule has 0 radical (unpaired) electrons. The van der Waals surface area contributed by atoms with Crippen molar-refractivity contribution in [3.63, 3.8) is 0 Å². The summed E-state index contributed by atoms with van der Waals surface area (Å²) in [7, 11) is 1.56. The zero-order valence-electron chi connectivity index (χ0n) is 10.5. The number of aliphatic hydroxyl groups excluding tert-OH is 1. The Hall–Kier alpha value is -2.55. The van der Waals surface area contributed by atoms with Crippen LogP contribution in [0.5, 0.6) is 5.75 Å². The average molecular weight is 254 g/mol. The number of carbonyl (C=O) groups is 1. The van der Waals surface area contributed by atoms with Crippen LogP contribution in [0.15, 0.2) is 60.4 Å². The first-order valence-corrected chi connectivity index (χ1v) is 5.85. The van der Waals surface area contributed by atoms with E-state index < -0.39 is 5.78 Å². The van der Waals surface area contributed by atoms with E-state index in [1.807, 2.05) is 30.3 Å². The van der Waals surface area contributed by atoms with E-state index in [9.17, 15) is 9.90 Å². The number of hydrogen-bond donors (Lipinski definition) is 1. The highest BCUT2D eigenvalue weighted by atomic mass is 16.5. The number of benzene rings is 2. The fourth-order valence-corrected chi connectivity index (χ4v) is 1.66. The van der Waals surface area contributed by atoms with E-state index in [0.717, 1.165) is 5.56 Å². The summed E-state index contributed by atoms with van der Waals surface area (Å²) >= 11 is 0. The van der Waals surface area contributed by atoms with Crippen LogP contribution in [0.1, 0.15) is 15.9 Å². The standard InChI is InChI=1S/C16H14O3/c1-19-14-9-7-13(8-10-14)16(18)15(17)11-12-5-3-2-4-6-12/h2-11,17H,1H3. The van der Waals surface area contributed by atoms with Gasteiger partial charge in [0.25, 0.3) is 0 Å². The topological polar surface area (TPSA) is 46.5 Å². The van der Waals surface area contributed by atoms with Gasteiger partial charge in [0, 0.05) is 5.56 Å². The summed E-state index contributed by atoms with van der Waals surface area (Å²) in [5.41, 5.74) is 1.20. The fraction of sp³-hybridized carbons (Fsp3) is 0.0625. The second-order valence-electron chi connectivity index (χ2n) is 4.00. The predicted molar refractivity (Wildman–Crippen MR) is 74.4 cm³/mol. The van der Waals surface area contributed by atoms with Gasteiger partial charge >= 0.3 is 0 Å². The molecule has 0 saturated heterocycles. The Morgan fingerprint density at radius 3 is 2.26 bits per heavy atom. The maximum atomic E-state index is 12.0. The van der Waals surface area contributed by atoms with Gasteiger partial charge in [-0.05, 0) is 35.9 Å². The molecule has 2 aromatic carbocycles. The van der Waals surface area contributed by atoms with Crippen molar-refractivity contribution in [3.05, 3.63) is 71.5 Å². The molecule has 0 bridgehead atoms. The number of allylic oxidation sites excluding steroid dienone is 1. The van der Waals surface area contributed by atoms with E-state index in [1.54, 1.807) is 31.4 Å². The van der Waals surface area contributed by atoms with Crippen molar-refractivity contribution in [2.24, 2.45) is 0 Å². The molecule has 0 fully saturated rings. The lowest BCUT2D eigenvalue weighted by atomic mass is 10.1. The Labute approximate surface area is 111 Å². The summed E-state index contributed by atoms with van der Waals surface area (Å²) in [4.78, 5) is 12.0. The molecule has 0 aliphatic heterocycles. The molecule has 0 aliphatic rings. The second kappa shape index (κ2) is 5.87. The van der Waals surface area contributed by atoms with Gasteiger partial charge in [0.15, 0.2) is 5.76 Å². The highest BCUT2D eigenvalue weighted by Gasteiger charge is 2.10. The highest BCUT2D eigenvalue weighted by Crippen LogP contribution is 2.15. The van der Waals surface area contributed by atoms with E-state index in [0.29, 0.717) is 11.3 Å². The molecule has 2 rings (SSSR count). The van der Waals surface area contributed by atoms with Gasteiger partial charge in [0.1, 0.15) is 5.75 Å². The Kier molecular flexibility index (Phi) is 3.98. The molecule has 0 aliphatic carbocycles. The number of ketones is 1. The summed E-state index contributed by atoms with van der Waals surface area (Å²) in [5, 5.41) is 9.83. The van der Waals surface area contributed by atoms with Gasteiger partial charge in [0.2, 0.25) is 5.78 Å². The molecule has 0 atom stereocenters. The van der Waals surface area contributed by atoms with Crippen LogP contribution in [0, 0.1) is 0 Å². The molecule has 3 heteroatoms. The SMILES string of the molecule is COc1ccc(C(=O)C(O)=Cc2ccccc2)cc1. The van der Waals surface area contributed by atoms with Crippen molar-refractivity contribution in [2.75, 3.05) is 7.11 Å². The molecule has 96 valence electrons. The normalized spacial score (nSPS) is 11.1. The van der Waals surface area contributed by atoms with E-state index in [-0.39, 0.29) is 5.76 Å². The molecule has 0 aromatic heterocycles. The third-order valence-corrected chi connectivity index (χ3v) is 2.69. The van der Waals surface area contributed by atoms with Gasteiger partial charge in [-0.2, -0.15) is 0 Å². The van der Waals surface area contributed by atoms with Gasteiger partial charge in [-0.15, -0.1) is 0 Å². The quantitative estimate of drug-likeness (QED) is 0.516. The van der Waals surface area contributed by atoms with Gasteiger partial charge in [-0.25, -0.2) is 0 Å². The molecular formula is C16H14O3. The molecule has 0 saturated carbocycles. The van der Waals surface area contributed by atoms with Crippen molar-refractivity contribution in [1.29, 1.82) is 0 Å². The first kappa shape index (κ1) is 12.9. The van der Waals surface area contributed by atoms with Crippen LogP contribution < -0.4 is 4.74 Å². The Balaban J connectivity index is 2.21. The number of Topliss-reactive ketones (excluding diaryl/α,β-unsaturated/α-hetero) is 1. The van der Waals surface area contributed by atoms with Crippen molar-refractivity contribution >= 4 is 11.9 Å². The van der Waals surface area contributed by atoms with Gasteiger partial charge < -0.3 is 9.84 Å². The Bertz CT molecular complexity index is 583. The lowest BCUT2D eigenvalue weighted by Gasteiger charge is -2.02. The highest BCUT2D eigenvalue weighted by molar-refractivity contribution is 6.09. The first-order valence-electron chi connectivity index (χ1n) is 5.85. The molecule has 1 N–H and O–H groups in total. The third-order valence-electron chi connectivity index (χ3n) is 2.69. The van der Waals surface area contributed by atoms with Crippen LogP contribution in [0.3, 0.4) is 0 Å². The van der Waals surface area contributed by atoms with Crippen LogP contribution in [0.4, 0.5) is 0 Å². The van der Waals surface area contributed by atoms with Gasteiger partial charge in [-0.1, -0.05) is 30.3 Å². The van der Waals surface area contributed by atoms with E-state index in [4.69, 9.17) is 4.74 Å². The molecule has 0 spiro atoms. The molecule has 0 heterocycles. The van der Waals surface area contributed by atoms with Crippen LogP contribution >= 0.6 is 0 Å². The zero-order valence-corrected chi connectivity index (χ0v) is 10.5. The largest absolute Gasteiger partial charge is 0.504 e. The number of ether oxygens (including phenoxy) is 1. The van der Waals surface area contributed by atoms with Crippen molar-refractivity contribution in [1.82, 2.24) is 0 Å². The number of aliphatic hydroxyl groups is 1. The minimum atomic E-state index is -0.411. The number of hydrogen-bond acceptors (Lipinski definition) is 3. The summed E-state index contributed by atoms with van der Waals surface area (Å²) in [6, 6.07) is 15.8. The van der Waals surface area contributed by atoms with Crippen LogP contribution in [0.25, 0.3) is 6.08 Å². The second-order valence-corrected chi connectivity index (χ2v) is 4.00. The average Bonchev–Trinajstić information content (AvgIpc) is 2.47. The Morgan fingerprint density at radius 1 is 1.05 bits per heavy atom. The molecule has 2 aromatic rings. The van der Waals surface area contributed by atoms with Crippen LogP contribution in [0.2, 0.25) is 0 Å². The first-order chi connectivity index (χ1) is 9.20. The number of carbonyl (C=O) groups excluding carboxylic acids is 1. The fourth-order valence-electron chi connectivity index (χ4n) is 1.66. The molecule has 0 amide bonds. The molecule has 19 heavy (non-hydrogen) atoms. The van der Waals surface area contributed by atoms with E-state index >= 15 is 0 Å². The lowest BCUT2D eigenvalue weighted by molar-refractivity contribution is 0.0980. The van der Waals surface area contributed by atoms with Crippen molar-refractivity contribution < 1.29 is 14.6 Å². The maximum absolute atomic E-state index is 12.0. The van der Waals surface area contributed by atoms with Crippen molar-refractivity contribution in [2.45, 2.75) is 0 Å². The summed E-state index contributed by atoms with van der Waals surface area (Å²) in [6.07, 6.45) is 1.45. The maximum Gasteiger partial charge on any atom is 0.227 e. The van der Waals surface area contributed by atoms with E-state index in [2.05, 4.69) is 0 Å². The van der Waals surface area contributed by atoms with Crippen LogP contribution in [-0.2, 0) is 0 Å². The number of rotatable bonds is 4. The molecule has 3 nitrogen and oxygen atoms in total. The third kappa shape index (κ3) is 3.22. The minimum Gasteiger partial charge on any atom is -0.504 e.